The number of ether oxygens (including phenoxy) is 1. The Morgan fingerprint density at radius 1 is 1.26 bits per heavy atom. The van der Waals surface area contributed by atoms with Crippen molar-refractivity contribution in [2.75, 3.05) is 37.0 Å². The summed E-state index contributed by atoms with van der Waals surface area (Å²) in [5.74, 6) is 0.237. The number of aliphatic hydroxyl groups excluding tert-OH is 1. The normalized spacial score (nSPS) is 28.5. The Morgan fingerprint density at radius 3 is 2.74 bits per heavy atom. The zero-order chi connectivity index (χ0) is 22.0. The molecule has 1 aromatic carbocycles. The number of methoxy groups -OCH3 is 1. The van der Waals surface area contributed by atoms with E-state index in [1.165, 1.54) is 7.11 Å². The second kappa shape index (κ2) is 8.75. The number of piperidine rings is 1. The average Bonchev–Trinajstić information content (AvgIpc) is 3.09. The molecule has 0 aromatic heterocycles. The lowest BCUT2D eigenvalue weighted by molar-refractivity contribution is -0.139. The zero-order valence-electron chi connectivity index (χ0n) is 18.0. The molecule has 1 aromatic rings. The molecule has 3 aliphatic rings. The van der Waals surface area contributed by atoms with Crippen molar-refractivity contribution in [3.05, 3.63) is 23.8 Å². The van der Waals surface area contributed by atoms with Gasteiger partial charge in [0.25, 0.3) is 0 Å². The van der Waals surface area contributed by atoms with E-state index in [9.17, 15) is 20.0 Å². The van der Waals surface area contributed by atoms with Crippen LogP contribution in [-0.2, 0) is 9.53 Å². The van der Waals surface area contributed by atoms with Crippen molar-refractivity contribution in [3.8, 4) is 6.07 Å². The van der Waals surface area contributed by atoms with E-state index < -0.39 is 11.5 Å². The summed E-state index contributed by atoms with van der Waals surface area (Å²) in [6.07, 6.45) is 5.09. The van der Waals surface area contributed by atoms with E-state index in [0.717, 1.165) is 63.7 Å². The number of benzene rings is 1. The summed E-state index contributed by atoms with van der Waals surface area (Å²) < 4.78 is 4.62. The van der Waals surface area contributed by atoms with Crippen molar-refractivity contribution < 1.29 is 19.4 Å². The smallest absolute Gasteiger partial charge is 0.411 e. The Bertz CT molecular complexity index is 890. The quantitative estimate of drug-likeness (QED) is 0.770. The van der Waals surface area contributed by atoms with Gasteiger partial charge in [0.05, 0.1) is 29.9 Å². The van der Waals surface area contributed by atoms with E-state index in [1.54, 1.807) is 12.1 Å². The van der Waals surface area contributed by atoms with Crippen LogP contribution in [0.4, 0.5) is 16.2 Å². The first-order valence-electron chi connectivity index (χ1n) is 11.1. The fourth-order valence-electron chi connectivity index (χ4n) is 5.43. The van der Waals surface area contributed by atoms with Gasteiger partial charge in [-0.05, 0) is 63.1 Å². The molecule has 2 amide bonds. The van der Waals surface area contributed by atoms with Gasteiger partial charge in [-0.25, -0.2) is 4.79 Å². The molecule has 2 heterocycles. The van der Waals surface area contributed by atoms with Crippen molar-refractivity contribution >= 4 is 23.4 Å². The molecular formula is C23H30N4O4. The molecule has 1 aliphatic carbocycles. The highest BCUT2D eigenvalue weighted by Crippen LogP contribution is 2.44. The molecule has 166 valence electrons. The molecule has 1 spiro atoms. The number of nitriles is 1. The minimum Gasteiger partial charge on any atom is -0.453 e. The highest BCUT2D eigenvalue weighted by Gasteiger charge is 2.50. The number of hydrogen-bond donors (Lipinski definition) is 2. The molecule has 2 aliphatic heterocycles. The summed E-state index contributed by atoms with van der Waals surface area (Å²) in [7, 11) is 1.29. The van der Waals surface area contributed by atoms with Crippen molar-refractivity contribution in [2.24, 2.45) is 5.41 Å². The Labute approximate surface area is 182 Å². The number of anilines is 2. The Hall–Kier alpha value is -2.79. The van der Waals surface area contributed by atoms with Gasteiger partial charge in [0.15, 0.2) is 0 Å². The SMILES string of the molecule is COC(=O)Nc1ccc(N2CCC[C@]3(CCN([C@H]4CC[C@H](O)CC4)C3=O)C2)c(C#N)c1. The monoisotopic (exact) mass is 426 g/mol. The topological polar surface area (TPSA) is 106 Å². The predicted octanol–water partition coefficient (Wildman–Crippen LogP) is 2.86. The van der Waals surface area contributed by atoms with Gasteiger partial charge in [0.2, 0.25) is 5.91 Å². The lowest BCUT2D eigenvalue weighted by atomic mass is 9.78. The number of hydrogen-bond acceptors (Lipinski definition) is 6. The second-order valence-corrected chi connectivity index (χ2v) is 8.98. The number of aliphatic hydroxyl groups is 1. The first-order chi connectivity index (χ1) is 15.0. The van der Waals surface area contributed by atoms with E-state index in [0.29, 0.717) is 17.8 Å². The number of carbonyl (C=O) groups is 2. The first-order valence-corrected chi connectivity index (χ1v) is 11.1. The number of nitrogens with zero attached hydrogens (tertiary/aromatic N) is 3. The van der Waals surface area contributed by atoms with Crippen LogP contribution < -0.4 is 10.2 Å². The van der Waals surface area contributed by atoms with Gasteiger partial charge in [-0.3, -0.25) is 10.1 Å². The summed E-state index contributed by atoms with van der Waals surface area (Å²) in [5, 5.41) is 22.1. The molecule has 0 radical (unpaired) electrons. The molecule has 4 rings (SSSR count). The van der Waals surface area contributed by atoms with Gasteiger partial charge in [0.1, 0.15) is 6.07 Å². The second-order valence-electron chi connectivity index (χ2n) is 8.98. The van der Waals surface area contributed by atoms with Crippen LogP contribution in [0.2, 0.25) is 0 Å². The van der Waals surface area contributed by atoms with Crippen LogP contribution in [0.5, 0.6) is 0 Å². The molecule has 31 heavy (non-hydrogen) atoms. The molecule has 0 unspecified atom stereocenters. The van der Waals surface area contributed by atoms with Crippen LogP contribution in [0, 0.1) is 16.7 Å². The maximum atomic E-state index is 13.5. The number of amides is 2. The van der Waals surface area contributed by atoms with Crippen molar-refractivity contribution in [1.82, 2.24) is 4.90 Å². The van der Waals surface area contributed by atoms with Gasteiger partial charge in [0, 0.05) is 31.4 Å². The summed E-state index contributed by atoms with van der Waals surface area (Å²) in [6.45, 7) is 2.18. The van der Waals surface area contributed by atoms with Crippen LogP contribution >= 0.6 is 0 Å². The number of carbonyl (C=O) groups excluding carboxylic acids is 2. The minimum atomic E-state index is -0.583. The number of likely N-dealkylation sites (tertiary alicyclic amines) is 1. The molecule has 2 N–H and O–H groups in total. The van der Waals surface area contributed by atoms with Crippen LogP contribution in [0.1, 0.15) is 50.5 Å². The Morgan fingerprint density at radius 2 is 2.03 bits per heavy atom. The lowest BCUT2D eigenvalue weighted by Gasteiger charge is -2.41. The van der Waals surface area contributed by atoms with Gasteiger partial charge >= 0.3 is 6.09 Å². The van der Waals surface area contributed by atoms with Gasteiger partial charge < -0.3 is 19.6 Å². The lowest BCUT2D eigenvalue weighted by Crippen LogP contribution is -2.50. The Balaban J connectivity index is 1.50. The molecule has 1 saturated carbocycles. The molecule has 8 heteroatoms. The third kappa shape index (κ3) is 4.19. The average molecular weight is 427 g/mol. The third-order valence-corrected chi connectivity index (χ3v) is 7.12. The van der Waals surface area contributed by atoms with E-state index in [2.05, 4.69) is 25.9 Å². The van der Waals surface area contributed by atoms with Gasteiger partial charge in [-0.1, -0.05) is 0 Å². The van der Waals surface area contributed by atoms with Crippen molar-refractivity contribution in [3.63, 3.8) is 0 Å². The van der Waals surface area contributed by atoms with Crippen molar-refractivity contribution in [1.29, 1.82) is 5.26 Å². The standard InChI is InChI=1S/C23H30N4O4/c1-31-22(30)25-17-3-8-20(16(13-17)14-24)26-11-2-9-23(15-26)10-12-27(21(23)29)18-4-6-19(28)7-5-18/h3,8,13,18-19,28H,2,4-7,9-12,15H2,1H3,(H,25,30)/t18-,19-,23-/m0/s1. The van der Waals surface area contributed by atoms with Gasteiger partial charge in [-0.2, -0.15) is 5.26 Å². The predicted molar refractivity (Wildman–Crippen MR) is 116 cm³/mol. The van der Waals surface area contributed by atoms with E-state index >= 15 is 0 Å². The molecule has 8 nitrogen and oxygen atoms in total. The molecular weight excluding hydrogens is 396 g/mol. The third-order valence-electron chi connectivity index (χ3n) is 7.12. The Kier molecular flexibility index (Phi) is 6.05. The van der Waals surface area contributed by atoms with Gasteiger partial charge in [-0.15, -0.1) is 0 Å². The largest absolute Gasteiger partial charge is 0.453 e. The summed E-state index contributed by atoms with van der Waals surface area (Å²) in [5.41, 5.74) is 1.37. The van der Waals surface area contributed by atoms with Crippen LogP contribution in [0.15, 0.2) is 18.2 Å². The first kappa shape index (κ1) is 21.4. The fraction of sp³-hybridized carbons (Fsp3) is 0.609. The minimum absolute atomic E-state index is 0.228. The maximum absolute atomic E-state index is 13.5. The van der Waals surface area contributed by atoms with Crippen molar-refractivity contribution in [2.45, 2.75) is 57.1 Å². The highest BCUT2D eigenvalue weighted by atomic mass is 16.5. The zero-order valence-corrected chi connectivity index (χ0v) is 18.0. The van der Waals surface area contributed by atoms with Crippen LogP contribution in [0.25, 0.3) is 0 Å². The highest BCUT2D eigenvalue weighted by molar-refractivity contribution is 5.87. The molecule has 0 bridgehead atoms. The number of rotatable bonds is 3. The van der Waals surface area contributed by atoms with Crippen LogP contribution in [-0.4, -0.2) is 60.9 Å². The summed E-state index contributed by atoms with van der Waals surface area (Å²) in [6, 6.07) is 7.70. The molecule has 2 saturated heterocycles. The van der Waals surface area contributed by atoms with Crippen LogP contribution in [0.3, 0.4) is 0 Å². The molecule has 1 atom stereocenters. The summed E-state index contributed by atoms with van der Waals surface area (Å²) in [4.78, 5) is 29.2. The molecule has 3 fully saturated rings. The maximum Gasteiger partial charge on any atom is 0.411 e. The van der Waals surface area contributed by atoms with E-state index in [1.807, 2.05) is 6.07 Å². The number of nitrogens with one attached hydrogen (secondary N) is 1. The van der Waals surface area contributed by atoms with E-state index in [4.69, 9.17) is 0 Å². The van der Waals surface area contributed by atoms with E-state index in [-0.39, 0.29) is 18.1 Å². The fourth-order valence-corrected chi connectivity index (χ4v) is 5.43. The summed E-state index contributed by atoms with van der Waals surface area (Å²) >= 11 is 0.